The van der Waals surface area contributed by atoms with Crippen LogP contribution in [-0.4, -0.2) is 47.8 Å². The van der Waals surface area contributed by atoms with E-state index in [4.69, 9.17) is 0 Å². The minimum Gasteiger partial charge on any atom is -0.338 e. The van der Waals surface area contributed by atoms with Crippen molar-refractivity contribution in [2.45, 2.75) is 26.2 Å². The molecule has 3 rings (SSSR count). The first-order chi connectivity index (χ1) is 12.4. The quantitative estimate of drug-likeness (QED) is 0.852. The van der Waals surface area contributed by atoms with Crippen LogP contribution in [0.4, 0.5) is 0 Å². The summed E-state index contributed by atoms with van der Waals surface area (Å²) in [6.07, 6.45) is 0. The molecule has 0 saturated carbocycles. The van der Waals surface area contributed by atoms with Crippen LogP contribution in [0.2, 0.25) is 0 Å². The number of benzene rings is 2. The molecule has 0 aliphatic carbocycles. The third kappa shape index (κ3) is 3.64. The molecule has 1 aliphatic heterocycles. The Morgan fingerprint density at radius 3 is 1.92 bits per heavy atom. The molecule has 2 amide bonds. The Morgan fingerprint density at radius 1 is 0.808 bits per heavy atom. The zero-order valence-corrected chi connectivity index (χ0v) is 15.7. The Labute approximate surface area is 155 Å². The standard InChI is InChI=1S/C22H26N2O2/c1-17-9-11-18(12-10-17)20(25)23-13-15-24(16-14-23)21(26)22(2,3)19-7-5-4-6-8-19/h4-12H,13-16H2,1-3H3. The topological polar surface area (TPSA) is 40.6 Å². The number of amides is 2. The van der Waals surface area contributed by atoms with Gasteiger partial charge in [0.2, 0.25) is 5.91 Å². The number of piperazine rings is 1. The normalized spacial score (nSPS) is 15.0. The fraction of sp³-hybridized carbons (Fsp3) is 0.364. The van der Waals surface area contributed by atoms with Crippen molar-refractivity contribution in [1.82, 2.24) is 9.80 Å². The fourth-order valence-corrected chi connectivity index (χ4v) is 3.36. The molecular formula is C22H26N2O2. The van der Waals surface area contributed by atoms with Gasteiger partial charge in [0.25, 0.3) is 5.91 Å². The lowest BCUT2D eigenvalue weighted by molar-refractivity contribution is -0.137. The van der Waals surface area contributed by atoms with Crippen molar-refractivity contribution in [2.75, 3.05) is 26.2 Å². The van der Waals surface area contributed by atoms with Gasteiger partial charge in [-0.2, -0.15) is 0 Å². The van der Waals surface area contributed by atoms with E-state index in [1.54, 1.807) is 0 Å². The smallest absolute Gasteiger partial charge is 0.253 e. The van der Waals surface area contributed by atoms with Gasteiger partial charge < -0.3 is 9.80 Å². The van der Waals surface area contributed by atoms with Crippen molar-refractivity contribution in [3.8, 4) is 0 Å². The van der Waals surface area contributed by atoms with Crippen molar-refractivity contribution in [3.05, 3.63) is 71.3 Å². The maximum Gasteiger partial charge on any atom is 0.253 e. The maximum atomic E-state index is 13.0. The SMILES string of the molecule is Cc1ccc(C(=O)N2CCN(C(=O)C(C)(C)c3ccccc3)CC2)cc1. The maximum absolute atomic E-state index is 13.0. The summed E-state index contributed by atoms with van der Waals surface area (Å²) in [5.41, 5.74) is 2.30. The summed E-state index contributed by atoms with van der Waals surface area (Å²) in [5.74, 6) is 0.158. The van der Waals surface area contributed by atoms with Gasteiger partial charge in [-0.1, -0.05) is 48.0 Å². The van der Waals surface area contributed by atoms with Crippen LogP contribution in [0, 0.1) is 6.92 Å². The molecule has 136 valence electrons. The number of carbonyl (C=O) groups is 2. The highest BCUT2D eigenvalue weighted by Gasteiger charge is 2.35. The van der Waals surface area contributed by atoms with Crippen LogP contribution in [0.25, 0.3) is 0 Å². The van der Waals surface area contributed by atoms with E-state index in [2.05, 4.69) is 0 Å². The number of nitrogens with zero attached hydrogens (tertiary/aromatic N) is 2. The molecule has 0 unspecified atom stereocenters. The summed E-state index contributed by atoms with van der Waals surface area (Å²) in [7, 11) is 0. The number of rotatable bonds is 3. The van der Waals surface area contributed by atoms with Crippen LogP contribution in [0.15, 0.2) is 54.6 Å². The molecule has 26 heavy (non-hydrogen) atoms. The van der Waals surface area contributed by atoms with Gasteiger partial charge in [-0.25, -0.2) is 0 Å². The van der Waals surface area contributed by atoms with Gasteiger partial charge in [-0.3, -0.25) is 9.59 Å². The summed E-state index contributed by atoms with van der Waals surface area (Å²) in [6.45, 7) is 8.24. The van der Waals surface area contributed by atoms with Crippen LogP contribution in [-0.2, 0) is 10.2 Å². The van der Waals surface area contributed by atoms with Crippen LogP contribution >= 0.6 is 0 Å². The van der Waals surface area contributed by atoms with Crippen LogP contribution in [0.1, 0.15) is 35.3 Å². The monoisotopic (exact) mass is 350 g/mol. The number of hydrogen-bond donors (Lipinski definition) is 0. The summed E-state index contributed by atoms with van der Waals surface area (Å²) < 4.78 is 0. The third-order valence-corrected chi connectivity index (χ3v) is 5.18. The van der Waals surface area contributed by atoms with Crippen LogP contribution in [0.5, 0.6) is 0 Å². The predicted molar refractivity (Wildman–Crippen MR) is 103 cm³/mol. The average Bonchev–Trinajstić information content (AvgIpc) is 2.68. The molecule has 4 heteroatoms. The zero-order valence-electron chi connectivity index (χ0n) is 15.7. The molecule has 0 N–H and O–H groups in total. The third-order valence-electron chi connectivity index (χ3n) is 5.18. The number of aryl methyl sites for hydroxylation is 1. The number of hydrogen-bond acceptors (Lipinski definition) is 2. The number of carbonyl (C=O) groups excluding carboxylic acids is 2. The summed E-state index contributed by atoms with van der Waals surface area (Å²) in [6, 6.07) is 17.5. The average molecular weight is 350 g/mol. The first-order valence-electron chi connectivity index (χ1n) is 9.10. The van der Waals surface area contributed by atoms with Crippen molar-refractivity contribution in [2.24, 2.45) is 0 Å². The second-order valence-corrected chi connectivity index (χ2v) is 7.44. The largest absolute Gasteiger partial charge is 0.338 e. The van der Waals surface area contributed by atoms with Crippen molar-refractivity contribution in [1.29, 1.82) is 0 Å². The lowest BCUT2D eigenvalue weighted by Gasteiger charge is -2.38. The van der Waals surface area contributed by atoms with E-state index in [9.17, 15) is 9.59 Å². The second-order valence-electron chi connectivity index (χ2n) is 7.44. The van der Waals surface area contributed by atoms with E-state index in [-0.39, 0.29) is 11.8 Å². The minimum absolute atomic E-state index is 0.0411. The highest BCUT2D eigenvalue weighted by atomic mass is 16.2. The molecule has 0 atom stereocenters. The molecule has 1 saturated heterocycles. The first-order valence-corrected chi connectivity index (χ1v) is 9.10. The van der Waals surface area contributed by atoms with Gasteiger partial charge in [0.05, 0.1) is 5.41 Å². The molecule has 2 aromatic carbocycles. The Morgan fingerprint density at radius 2 is 1.35 bits per heavy atom. The minimum atomic E-state index is -0.565. The molecule has 2 aromatic rings. The van der Waals surface area contributed by atoms with E-state index in [1.807, 2.05) is 85.2 Å². The summed E-state index contributed by atoms with van der Waals surface area (Å²) in [5, 5.41) is 0. The Kier molecular flexibility index (Phi) is 5.12. The van der Waals surface area contributed by atoms with Gasteiger partial charge >= 0.3 is 0 Å². The molecule has 1 fully saturated rings. The van der Waals surface area contributed by atoms with Crippen LogP contribution in [0.3, 0.4) is 0 Å². The molecule has 1 aliphatic rings. The van der Waals surface area contributed by atoms with Gasteiger partial charge in [0, 0.05) is 31.7 Å². The fourth-order valence-electron chi connectivity index (χ4n) is 3.36. The highest BCUT2D eigenvalue weighted by molar-refractivity contribution is 5.94. The van der Waals surface area contributed by atoms with E-state index in [0.29, 0.717) is 31.7 Å². The molecule has 1 heterocycles. The summed E-state index contributed by atoms with van der Waals surface area (Å²) >= 11 is 0. The molecular weight excluding hydrogens is 324 g/mol. The van der Waals surface area contributed by atoms with Gasteiger partial charge in [0.1, 0.15) is 0 Å². The lowest BCUT2D eigenvalue weighted by atomic mass is 9.83. The molecule has 0 aromatic heterocycles. The first kappa shape index (κ1) is 18.2. The lowest BCUT2D eigenvalue weighted by Crippen LogP contribution is -2.54. The molecule has 0 spiro atoms. The molecule has 4 nitrogen and oxygen atoms in total. The van der Waals surface area contributed by atoms with Crippen molar-refractivity contribution in [3.63, 3.8) is 0 Å². The Bertz CT molecular complexity index is 774. The van der Waals surface area contributed by atoms with Crippen molar-refractivity contribution < 1.29 is 9.59 Å². The second kappa shape index (κ2) is 7.32. The molecule has 0 bridgehead atoms. The van der Waals surface area contributed by atoms with Crippen LogP contribution < -0.4 is 0 Å². The van der Waals surface area contributed by atoms with Gasteiger partial charge in [-0.15, -0.1) is 0 Å². The highest BCUT2D eigenvalue weighted by Crippen LogP contribution is 2.26. The van der Waals surface area contributed by atoms with E-state index >= 15 is 0 Å². The van der Waals surface area contributed by atoms with Gasteiger partial charge in [0.15, 0.2) is 0 Å². The summed E-state index contributed by atoms with van der Waals surface area (Å²) in [4.78, 5) is 29.4. The van der Waals surface area contributed by atoms with E-state index in [0.717, 1.165) is 11.1 Å². The zero-order chi connectivity index (χ0) is 18.7. The van der Waals surface area contributed by atoms with E-state index in [1.165, 1.54) is 0 Å². The molecule has 0 radical (unpaired) electrons. The Hall–Kier alpha value is -2.62. The van der Waals surface area contributed by atoms with Gasteiger partial charge in [-0.05, 0) is 38.5 Å². The predicted octanol–water partition coefficient (Wildman–Crippen LogP) is 3.26. The Balaban J connectivity index is 1.64. The van der Waals surface area contributed by atoms with Crippen molar-refractivity contribution >= 4 is 11.8 Å². The van der Waals surface area contributed by atoms with E-state index < -0.39 is 5.41 Å².